The van der Waals surface area contributed by atoms with Crippen molar-refractivity contribution in [1.82, 2.24) is 15.2 Å². The number of nitrogens with one attached hydrogen (secondary N) is 1. The molecular weight excluding hydrogens is 480 g/mol. The first-order chi connectivity index (χ1) is 17.4. The minimum atomic E-state index is -4.19. The number of amides is 1. The SMILES string of the molecule is COc1cccc(CC(=O)N/N=C/c2ccccc2OS(=O)(=O)c2cnn(-c3ccccc3)c2C)c1. The molecule has 36 heavy (non-hydrogen) atoms. The van der Waals surface area contributed by atoms with E-state index >= 15 is 0 Å². The van der Waals surface area contributed by atoms with Gasteiger partial charge in [0.2, 0.25) is 5.91 Å². The van der Waals surface area contributed by atoms with Crippen LogP contribution in [0.3, 0.4) is 0 Å². The van der Waals surface area contributed by atoms with E-state index in [-0.39, 0.29) is 23.0 Å². The molecule has 0 aliphatic rings. The second kappa shape index (κ2) is 10.9. The van der Waals surface area contributed by atoms with Gasteiger partial charge in [-0.05, 0) is 48.9 Å². The number of aromatic nitrogens is 2. The zero-order chi connectivity index (χ0) is 25.5. The van der Waals surface area contributed by atoms with Crippen LogP contribution in [0.25, 0.3) is 5.69 Å². The van der Waals surface area contributed by atoms with E-state index in [0.717, 1.165) is 11.3 Å². The van der Waals surface area contributed by atoms with Crippen molar-refractivity contribution >= 4 is 22.2 Å². The van der Waals surface area contributed by atoms with Gasteiger partial charge < -0.3 is 8.92 Å². The molecule has 0 aliphatic heterocycles. The van der Waals surface area contributed by atoms with Crippen molar-refractivity contribution in [3.8, 4) is 17.2 Å². The number of hydrazone groups is 1. The van der Waals surface area contributed by atoms with E-state index < -0.39 is 10.1 Å². The summed E-state index contributed by atoms with van der Waals surface area (Å²) in [4.78, 5) is 12.2. The summed E-state index contributed by atoms with van der Waals surface area (Å²) in [6.45, 7) is 1.65. The number of hydrogen-bond donors (Lipinski definition) is 1. The van der Waals surface area contributed by atoms with Crippen molar-refractivity contribution in [3.05, 3.63) is 102 Å². The highest BCUT2D eigenvalue weighted by atomic mass is 32.2. The number of nitrogens with zero attached hydrogens (tertiary/aromatic N) is 3. The summed E-state index contributed by atoms with van der Waals surface area (Å²) in [6.07, 6.45) is 2.69. The maximum absolute atomic E-state index is 13.1. The van der Waals surface area contributed by atoms with Crippen molar-refractivity contribution in [2.45, 2.75) is 18.2 Å². The van der Waals surface area contributed by atoms with Gasteiger partial charge in [-0.15, -0.1) is 0 Å². The predicted octanol–water partition coefficient (Wildman–Crippen LogP) is 3.65. The van der Waals surface area contributed by atoms with Gasteiger partial charge in [-0.2, -0.15) is 18.6 Å². The lowest BCUT2D eigenvalue weighted by Gasteiger charge is -2.09. The van der Waals surface area contributed by atoms with E-state index in [1.54, 1.807) is 50.4 Å². The average Bonchev–Trinajstić information content (AvgIpc) is 3.28. The largest absolute Gasteiger partial charge is 0.497 e. The molecule has 0 saturated heterocycles. The number of benzene rings is 3. The van der Waals surface area contributed by atoms with Crippen LogP contribution < -0.4 is 14.3 Å². The van der Waals surface area contributed by atoms with Crippen molar-refractivity contribution in [3.63, 3.8) is 0 Å². The summed E-state index contributed by atoms with van der Waals surface area (Å²) in [5.74, 6) is 0.380. The Labute approximate surface area is 209 Å². The van der Waals surface area contributed by atoms with Crippen LogP contribution in [-0.2, 0) is 21.3 Å². The number of carbonyl (C=O) groups is 1. The zero-order valence-corrected chi connectivity index (χ0v) is 20.5. The summed E-state index contributed by atoms with van der Waals surface area (Å²) in [7, 11) is -2.63. The summed E-state index contributed by atoms with van der Waals surface area (Å²) in [5, 5.41) is 8.16. The molecule has 0 unspecified atom stereocenters. The molecule has 0 saturated carbocycles. The molecule has 1 amide bonds. The van der Waals surface area contributed by atoms with E-state index in [4.69, 9.17) is 8.92 Å². The number of ether oxygens (including phenoxy) is 1. The first-order valence-electron chi connectivity index (χ1n) is 11.0. The minimum Gasteiger partial charge on any atom is -0.497 e. The Balaban J connectivity index is 1.47. The van der Waals surface area contributed by atoms with Gasteiger partial charge in [0, 0.05) is 5.56 Å². The Bertz CT molecular complexity index is 1500. The molecule has 0 atom stereocenters. The fraction of sp³-hybridized carbons (Fsp3) is 0.115. The van der Waals surface area contributed by atoms with Gasteiger partial charge in [0.05, 0.1) is 37.3 Å². The van der Waals surface area contributed by atoms with E-state index in [1.807, 2.05) is 36.4 Å². The van der Waals surface area contributed by atoms with E-state index in [9.17, 15) is 13.2 Å². The van der Waals surface area contributed by atoms with Crippen LogP contribution in [0.5, 0.6) is 11.5 Å². The average molecular weight is 505 g/mol. The maximum atomic E-state index is 13.1. The molecule has 4 rings (SSSR count). The third-order valence-corrected chi connectivity index (χ3v) is 6.58. The van der Waals surface area contributed by atoms with Crippen molar-refractivity contribution < 1.29 is 22.1 Å². The second-order valence-corrected chi connectivity index (χ2v) is 9.25. The van der Waals surface area contributed by atoms with Crippen LogP contribution in [0, 0.1) is 6.92 Å². The van der Waals surface area contributed by atoms with Gasteiger partial charge in [0.25, 0.3) is 0 Å². The van der Waals surface area contributed by atoms with Crippen LogP contribution in [0.1, 0.15) is 16.8 Å². The molecule has 4 aromatic rings. The maximum Gasteiger partial charge on any atom is 0.342 e. The van der Waals surface area contributed by atoms with Gasteiger partial charge in [0.1, 0.15) is 10.6 Å². The first-order valence-corrected chi connectivity index (χ1v) is 12.4. The third kappa shape index (κ3) is 5.78. The van der Waals surface area contributed by atoms with Crippen LogP contribution in [0.2, 0.25) is 0 Å². The molecule has 0 fully saturated rings. The molecule has 1 aromatic heterocycles. The smallest absolute Gasteiger partial charge is 0.342 e. The molecule has 184 valence electrons. The Hall–Kier alpha value is -4.44. The Morgan fingerprint density at radius 3 is 2.58 bits per heavy atom. The Kier molecular flexibility index (Phi) is 7.45. The van der Waals surface area contributed by atoms with Gasteiger partial charge in [0.15, 0.2) is 5.75 Å². The summed E-state index contributed by atoms with van der Waals surface area (Å²) < 4.78 is 38.2. The highest BCUT2D eigenvalue weighted by Gasteiger charge is 2.24. The van der Waals surface area contributed by atoms with E-state index in [2.05, 4.69) is 15.6 Å². The normalized spacial score (nSPS) is 11.4. The molecule has 3 aromatic carbocycles. The van der Waals surface area contributed by atoms with E-state index in [1.165, 1.54) is 23.2 Å². The van der Waals surface area contributed by atoms with E-state index in [0.29, 0.717) is 17.0 Å². The minimum absolute atomic E-state index is 0.0512. The van der Waals surface area contributed by atoms with Crippen molar-refractivity contribution in [2.24, 2.45) is 5.10 Å². The number of hydrogen-bond acceptors (Lipinski definition) is 7. The van der Waals surface area contributed by atoms with Gasteiger partial charge >= 0.3 is 10.1 Å². The summed E-state index contributed by atoms with van der Waals surface area (Å²) in [5.41, 5.74) is 4.72. The quantitative estimate of drug-likeness (QED) is 0.212. The molecule has 10 heteroatoms. The molecule has 0 spiro atoms. The molecular formula is C26H24N4O5S. The molecule has 1 heterocycles. The highest BCUT2D eigenvalue weighted by Crippen LogP contribution is 2.25. The fourth-order valence-corrected chi connectivity index (χ4v) is 4.58. The van der Waals surface area contributed by atoms with Crippen LogP contribution in [0.15, 0.2) is 95.1 Å². The number of methoxy groups -OCH3 is 1. The summed E-state index contributed by atoms with van der Waals surface area (Å²) >= 11 is 0. The van der Waals surface area contributed by atoms with Crippen LogP contribution >= 0.6 is 0 Å². The van der Waals surface area contributed by atoms with Gasteiger partial charge in [-0.25, -0.2) is 10.1 Å². The monoisotopic (exact) mass is 504 g/mol. The lowest BCUT2D eigenvalue weighted by Crippen LogP contribution is -2.20. The molecule has 0 aliphatic carbocycles. The standard InChI is InChI=1S/C26H24N4O5S/c1-19-25(18-28-30(19)22-11-4-3-5-12-22)36(32,33)35-24-14-7-6-10-21(24)17-27-29-26(31)16-20-9-8-13-23(15-20)34-2/h3-15,17-18H,16H2,1-2H3,(H,29,31)/b27-17+. The molecule has 0 radical (unpaired) electrons. The zero-order valence-electron chi connectivity index (χ0n) is 19.7. The number of carbonyl (C=O) groups excluding carboxylic acids is 1. The number of para-hydroxylation sites is 2. The Morgan fingerprint density at radius 2 is 1.81 bits per heavy atom. The van der Waals surface area contributed by atoms with Gasteiger partial charge in [-0.1, -0.05) is 42.5 Å². The topological polar surface area (TPSA) is 112 Å². The second-order valence-electron chi connectivity index (χ2n) is 7.74. The lowest BCUT2D eigenvalue weighted by molar-refractivity contribution is -0.120. The van der Waals surface area contributed by atoms with Crippen LogP contribution in [0.4, 0.5) is 0 Å². The van der Waals surface area contributed by atoms with Crippen molar-refractivity contribution in [1.29, 1.82) is 0 Å². The molecule has 9 nitrogen and oxygen atoms in total. The molecule has 1 N–H and O–H groups in total. The van der Waals surface area contributed by atoms with Crippen molar-refractivity contribution in [2.75, 3.05) is 7.11 Å². The van der Waals surface area contributed by atoms with Gasteiger partial charge in [-0.3, -0.25) is 4.79 Å². The first kappa shape index (κ1) is 24.7. The summed E-state index contributed by atoms with van der Waals surface area (Å²) in [6, 6.07) is 22.8. The molecule has 0 bridgehead atoms. The Morgan fingerprint density at radius 1 is 1.06 bits per heavy atom. The number of rotatable bonds is 9. The lowest BCUT2D eigenvalue weighted by atomic mass is 10.1. The predicted molar refractivity (Wildman–Crippen MR) is 135 cm³/mol. The van der Waals surface area contributed by atoms with Crippen LogP contribution in [-0.4, -0.2) is 37.4 Å². The highest BCUT2D eigenvalue weighted by molar-refractivity contribution is 7.87. The fourth-order valence-electron chi connectivity index (χ4n) is 3.48. The third-order valence-electron chi connectivity index (χ3n) is 5.25.